The Balaban J connectivity index is 2.16. The van der Waals surface area contributed by atoms with E-state index in [-0.39, 0.29) is 24.0 Å². The van der Waals surface area contributed by atoms with E-state index in [0.29, 0.717) is 32.0 Å². The number of carbonyl (C=O) groups is 1. The van der Waals surface area contributed by atoms with Crippen LogP contribution in [0.4, 0.5) is 18.0 Å². The summed E-state index contributed by atoms with van der Waals surface area (Å²) in [5.41, 5.74) is -0.567. The standard InChI is InChI=1S/C22H33F3N2O3S/c1-21(2,3)30-20(28)27-9-7-14(8-10-27)19(26-31(29)22(4,5)6)12-15-11-17(24)18(25)13-16(15)23/h11,13-14,19,26H,7-10,12H2,1-6H3. The van der Waals surface area contributed by atoms with E-state index in [2.05, 4.69) is 4.72 Å². The molecule has 1 saturated heterocycles. The van der Waals surface area contributed by atoms with Gasteiger partial charge in [0.15, 0.2) is 11.6 Å². The lowest BCUT2D eigenvalue weighted by atomic mass is 9.86. The Morgan fingerprint density at radius 3 is 2.16 bits per heavy atom. The Morgan fingerprint density at radius 2 is 1.65 bits per heavy atom. The number of carbonyl (C=O) groups excluding carboxylic acids is 1. The van der Waals surface area contributed by atoms with Gasteiger partial charge in [-0.3, -0.25) is 0 Å². The molecule has 0 spiro atoms. The van der Waals surface area contributed by atoms with Crippen LogP contribution in [0.15, 0.2) is 12.1 Å². The number of benzene rings is 1. The summed E-state index contributed by atoms with van der Waals surface area (Å²) < 4.78 is 62.0. The summed E-state index contributed by atoms with van der Waals surface area (Å²) >= 11 is 0. The lowest BCUT2D eigenvalue weighted by Crippen LogP contribution is -2.49. The molecule has 1 aliphatic rings. The molecule has 0 radical (unpaired) electrons. The largest absolute Gasteiger partial charge is 0.444 e. The highest BCUT2D eigenvalue weighted by atomic mass is 32.2. The van der Waals surface area contributed by atoms with E-state index in [0.717, 1.165) is 6.07 Å². The van der Waals surface area contributed by atoms with Crippen molar-refractivity contribution in [3.8, 4) is 0 Å². The van der Waals surface area contributed by atoms with Crippen molar-refractivity contribution in [3.63, 3.8) is 0 Å². The zero-order chi connectivity index (χ0) is 23.6. The van der Waals surface area contributed by atoms with E-state index in [4.69, 9.17) is 4.74 Å². The molecule has 1 aromatic carbocycles. The third-order valence-electron chi connectivity index (χ3n) is 5.10. The van der Waals surface area contributed by atoms with Gasteiger partial charge in [0.25, 0.3) is 0 Å². The second kappa shape index (κ2) is 9.90. The molecule has 31 heavy (non-hydrogen) atoms. The summed E-state index contributed by atoms with van der Waals surface area (Å²) in [6.07, 6.45) is 0.843. The fourth-order valence-electron chi connectivity index (χ4n) is 3.39. The predicted molar refractivity (Wildman–Crippen MR) is 115 cm³/mol. The quantitative estimate of drug-likeness (QED) is 0.645. The first kappa shape index (κ1) is 25.6. The van der Waals surface area contributed by atoms with E-state index in [9.17, 15) is 22.2 Å². The number of nitrogens with one attached hydrogen (secondary N) is 1. The third kappa shape index (κ3) is 7.49. The number of hydrogen-bond donors (Lipinski definition) is 1. The molecule has 1 amide bonds. The van der Waals surface area contributed by atoms with Crippen LogP contribution in [-0.4, -0.2) is 44.7 Å². The number of hydrogen-bond acceptors (Lipinski definition) is 3. The molecule has 1 fully saturated rings. The minimum absolute atomic E-state index is 0.0249. The maximum absolute atomic E-state index is 14.3. The van der Waals surface area contributed by atoms with Gasteiger partial charge in [-0.05, 0) is 78.4 Å². The minimum Gasteiger partial charge on any atom is -0.444 e. The molecule has 2 rings (SSSR count). The molecule has 2 unspecified atom stereocenters. The molecule has 1 heterocycles. The summed E-state index contributed by atoms with van der Waals surface area (Å²) in [5.74, 6) is -3.22. The van der Waals surface area contributed by atoms with Gasteiger partial charge in [0.1, 0.15) is 11.4 Å². The van der Waals surface area contributed by atoms with Crippen molar-refractivity contribution in [1.29, 1.82) is 0 Å². The lowest BCUT2D eigenvalue weighted by molar-refractivity contribution is 0.0172. The molecule has 9 heteroatoms. The van der Waals surface area contributed by atoms with Gasteiger partial charge in [-0.2, -0.15) is 0 Å². The SMILES string of the molecule is CC(C)(C)OC(=O)N1CCC(C(Cc2cc(F)c(F)cc2F)NS(=O)C(C)(C)C)CC1. The zero-order valence-corrected chi connectivity index (χ0v) is 19.9. The van der Waals surface area contributed by atoms with Gasteiger partial charge < -0.3 is 9.64 Å². The first-order valence-electron chi connectivity index (χ1n) is 10.5. The molecule has 1 N–H and O–H groups in total. The molecule has 176 valence electrons. The number of amides is 1. The van der Waals surface area contributed by atoms with E-state index >= 15 is 0 Å². The molecular weight excluding hydrogens is 429 g/mol. The van der Waals surface area contributed by atoms with Gasteiger partial charge in [-0.1, -0.05) is 0 Å². The molecule has 0 aliphatic carbocycles. The lowest BCUT2D eigenvalue weighted by Gasteiger charge is -2.37. The van der Waals surface area contributed by atoms with Crippen molar-refractivity contribution in [2.24, 2.45) is 5.92 Å². The van der Waals surface area contributed by atoms with Gasteiger partial charge in [-0.15, -0.1) is 0 Å². The van der Waals surface area contributed by atoms with Gasteiger partial charge in [0, 0.05) is 25.2 Å². The Hall–Kier alpha value is -1.61. The molecule has 0 bridgehead atoms. The van der Waals surface area contributed by atoms with Gasteiger partial charge in [-0.25, -0.2) is 26.9 Å². The highest BCUT2D eigenvalue weighted by Crippen LogP contribution is 2.27. The molecule has 2 atom stereocenters. The van der Waals surface area contributed by atoms with Crippen LogP contribution in [0.3, 0.4) is 0 Å². The Morgan fingerprint density at radius 1 is 1.10 bits per heavy atom. The van der Waals surface area contributed by atoms with Crippen LogP contribution in [0, 0.1) is 23.4 Å². The monoisotopic (exact) mass is 462 g/mol. The summed E-state index contributed by atoms with van der Waals surface area (Å²) in [5, 5.41) is 0. The van der Waals surface area contributed by atoms with Gasteiger partial charge >= 0.3 is 6.09 Å². The highest BCUT2D eigenvalue weighted by molar-refractivity contribution is 7.84. The summed E-state index contributed by atoms with van der Waals surface area (Å²) in [6.45, 7) is 11.7. The Kier molecular flexibility index (Phi) is 8.19. The average molecular weight is 463 g/mol. The molecule has 1 aliphatic heterocycles. The Labute approximate surface area is 185 Å². The molecule has 0 saturated carbocycles. The van der Waals surface area contributed by atoms with Crippen molar-refractivity contribution in [2.75, 3.05) is 13.1 Å². The predicted octanol–water partition coefficient (Wildman–Crippen LogP) is 4.71. The average Bonchev–Trinajstić information content (AvgIpc) is 2.63. The van der Waals surface area contributed by atoms with Crippen molar-refractivity contribution in [3.05, 3.63) is 35.1 Å². The fourth-order valence-corrected chi connectivity index (χ4v) is 4.29. The number of likely N-dealkylation sites (tertiary alicyclic amines) is 1. The van der Waals surface area contributed by atoms with Crippen LogP contribution in [0.25, 0.3) is 0 Å². The normalized spacial score (nSPS) is 18.0. The Bertz CT molecular complexity index is 813. The smallest absolute Gasteiger partial charge is 0.410 e. The number of halogens is 3. The van der Waals surface area contributed by atoms with Crippen molar-refractivity contribution in [2.45, 2.75) is 77.2 Å². The minimum atomic E-state index is -1.44. The van der Waals surface area contributed by atoms with Crippen LogP contribution in [-0.2, 0) is 22.1 Å². The van der Waals surface area contributed by atoms with E-state index in [1.54, 1.807) is 25.7 Å². The zero-order valence-electron chi connectivity index (χ0n) is 19.1. The van der Waals surface area contributed by atoms with Crippen LogP contribution >= 0.6 is 0 Å². The van der Waals surface area contributed by atoms with Crippen molar-refractivity contribution in [1.82, 2.24) is 9.62 Å². The molecule has 1 aromatic rings. The summed E-state index contributed by atoms with van der Waals surface area (Å²) in [7, 11) is -1.44. The highest BCUT2D eigenvalue weighted by Gasteiger charge is 2.33. The molecule has 5 nitrogen and oxygen atoms in total. The van der Waals surface area contributed by atoms with Gasteiger partial charge in [0.05, 0.1) is 15.7 Å². The van der Waals surface area contributed by atoms with Crippen molar-refractivity contribution >= 4 is 17.1 Å². The maximum Gasteiger partial charge on any atom is 0.410 e. The van der Waals surface area contributed by atoms with Crippen LogP contribution in [0.2, 0.25) is 0 Å². The van der Waals surface area contributed by atoms with E-state index in [1.807, 2.05) is 20.8 Å². The first-order valence-corrected chi connectivity index (χ1v) is 11.6. The van der Waals surface area contributed by atoms with Crippen LogP contribution < -0.4 is 4.72 Å². The molecule has 0 aromatic heterocycles. The topological polar surface area (TPSA) is 58.6 Å². The summed E-state index contributed by atoms with van der Waals surface area (Å²) in [4.78, 5) is 13.9. The van der Waals surface area contributed by atoms with Gasteiger partial charge in [0.2, 0.25) is 0 Å². The van der Waals surface area contributed by atoms with Crippen LogP contribution in [0.1, 0.15) is 59.9 Å². The summed E-state index contributed by atoms with van der Waals surface area (Å²) in [6, 6.07) is 0.961. The maximum atomic E-state index is 14.3. The van der Waals surface area contributed by atoms with E-state index < -0.39 is 44.8 Å². The fraction of sp³-hybridized carbons (Fsp3) is 0.682. The van der Waals surface area contributed by atoms with Crippen molar-refractivity contribution < 1.29 is 26.9 Å². The second-order valence-electron chi connectivity index (χ2n) is 9.97. The number of piperidine rings is 1. The first-order chi connectivity index (χ1) is 14.2. The number of rotatable bonds is 5. The third-order valence-corrected chi connectivity index (χ3v) is 6.73. The number of nitrogens with zero attached hydrogens (tertiary/aromatic N) is 1. The second-order valence-corrected chi connectivity index (χ2v) is 12.0. The van der Waals surface area contributed by atoms with Crippen LogP contribution in [0.5, 0.6) is 0 Å². The molecular formula is C22H33F3N2O3S. The van der Waals surface area contributed by atoms with E-state index in [1.165, 1.54) is 0 Å². The number of ether oxygens (including phenoxy) is 1.